The van der Waals surface area contributed by atoms with E-state index in [0.29, 0.717) is 52.4 Å². The van der Waals surface area contributed by atoms with Crippen molar-refractivity contribution >= 4 is 17.9 Å². The summed E-state index contributed by atoms with van der Waals surface area (Å²) in [4.78, 5) is 44.1. The Bertz CT molecular complexity index is 865. The number of carbonyl (C=O) groups is 3. The molecular formula is C41H78GdN5O7. The number of aliphatic carboxylic acids is 3. The van der Waals surface area contributed by atoms with E-state index in [0.717, 1.165) is 25.9 Å². The minimum absolute atomic E-state index is 0. The molecule has 0 spiro atoms. The first-order valence-corrected chi connectivity index (χ1v) is 21.5. The fourth-order valence-corrected chi connectivity index (χ4v) is 7.38. The van der Waals surface area contributed by atoms with E-state index in [1.54, 1.807) is 14.7 Å². The number of β-amino-alcohol motifs (C(OH)–C–C–N with tert-alkyl or cyclic N) is 1. The zero-order valence-electron chi connectivity index (χ0n) is 34.3. The van der Waals surface area contributed by atoms with E-state index >= 15 is 0 Å². The van der Waals surface area contributed by atoms with Crippen molar-refractivity contribution in [1.82, 2.24) is 24.5 Å². The normalized spacial score (nSPS) is 16.4. The molecule has 54 heavy (non-hydrogen) atoms. The molecule has 0 saturated carbocycles. The van der Waals surface area contributed by atoms with Gasteiger partial charge in [0.25, 0.3) is 0 Å². The molecule has 0 aromatic carbocycles. The van der Waals surface area contributed by atoms with Crippen molar-refractivity contribution in [1.29, 1.82) is 0 Å². The standard InChI is InChI=1S/C41H81N5O7.Gd/c1-3-5-7-9-11-13-15-17-19-21-23-42(24-22-20-18-16-14-12-10-8-6-4-2)33-38(47)34-43-25-27-44(35-39(48)49)29-31-46(37-41(52)53)32-30-45(28-26-43)36-40(50)51;/h38,47H,3-37H2,1-2H3,(H,48,49)(H,50,51)(H,52,53);/q;+3/p-3. The number of unbranched alkanes of at least 4 members (excludes halogenated alkanes) is 18. The molecule has 0 aromatic rings. The second kappa shape index (κ2) is 36.8. The smallest absolute Gasteiger partial charge is 0.549 e. The molecule has 1 fully saturated rings. The van der Waals surface area contributed by atoms with Crippen LogP contribution in [0.25, 0.3) is 0 Å². The fraction of sp³-hybridized carbons (Fsp3) is 0.927. The third kappa shape index (κ3) is 32.6. The molecule has 13 heteroatoms. The fourth-order valence-electron chi connectivity index (χ4n) is 7.38. The van der Waals surface area contributed by atoms with Crippen molar-refractivity contribution in [2.45, 2.75) is 148 Å². The number of aliphatic hydroxyl groups is 1. The zero-order chi connectivity index (χ0) is 38.9. The van der Waals surface area contributed by atoms with Crippen molar-refractivity contribution in [3.8, 4) is 0 Å². The maximum absolute atomic E-state index is 11.5. The summed E-state index contributed by atoms with van der Waals surface area (Å²) in [6, 6.07) is 0. The summed E-state index contributed by atoms with van der Waals surface area (Å²) in [5.41, 5.74) is 0. The predicted molar refractivity (Wildman–Crippen MR) is 207 cm³/mol. The molecule has 1 rings (SSSR count). The molecule has 1 atom stereocenters. The first kappa shape index (κ1) is 53.5. The van der Waals surface area contributed by atoms with Crippen LogP contribution in [0.2, 0.25) is 0 Å². The third-order valence-corrected chi connectivity index (χ3v) is 10.6. The molecule has 1 aliphatic heterocycles. The Labute approximate surface area is 361 Å². The number of hydrogen-bond acceptors (Lipinski definition) is 12. The Morgan fingerprint density at radius 1 is 0.481 bits per heavy atom. The Morgan fingerprint density at radius 3 is 1.02 bits per heavy atom. The summed E-state index contributed by atoms with van der Waals surface area (Å²) in [6.07, 6.45) is 25.1. The van der Waals surface area contributed by atoms with Gasteiger partial charge in [0.1, 0.15) is 0 Å². The van der Waals surface area contributed by atoms with Gasteiger partial charge in [-0.25, -0.2) is 0 Å². The van der Waals surface area contributed by atoms with Gasteiger partial charge >= 0.3 is 39.9 Å². The average Bonchev–Trinajstić information content (AvgIpc) is 3.10. The summed E-state index contributed by atoms with van der Waals surface area (Å²) in [5.74, 6) is -3.65. The Morgan fingerprint density at radius 2 is 0.741 bits per heavy atom. The average molecular weight is 910 g/mol. The number of carboxylic acids is 3. The Balaban J connectivity index is 0.0000281. The molecule has 1 unspecified atom stereocenters. The molecule has 0 aromatic heterocycles. The van der Waals surface area contributed by atoms with E-state index in [4.69, 9.17) is 0 Å². The van der Waals surface area contributed by atoms with E-state index in [2.05, 4.69) is 23.6 Å². The van der Waals surface area contributed by atoms with E-state index in [-0.39, 0.29) is 72.7 Å². The van der Waals surface area contributed by atoms with E-state index < -0.39 is 24.0 Å². The molecule has 0 amide bonds. The molecule has 1 heterocycles. The Kier molecular flexibility index (Phi) is 36.5. The Hall–Kier alpha value is -0.505. The van der Waals surface area contributed by atoms with E-state index in [1.807, 2.05) is 0 Å². The zero-order valence-corrected chi connectivity index (χ0v) is 36.6. The molecule has 12 nitrogen and oxygen atoms in total. The van der Waals surface area contributed by atoms with Crippen LogP contribution in [0.5, 0.6) is 0 Å². The minimum atomic E-state index is -1.24. The van der Waals surface area contributed by atoms with Gasteiger partial charge in [-0.15, -0.1) is 0 Å². The predicted octanol–water partition coefficient (Wildman–Crippen LogP) is 1.96. The van der Waals surface area contributed by atoms with Gasteiger partial charge in [-0.1, -0.05) is 129 Å². The number of aliphatic hydroxyl groups excluding tert-OH is 1. The third-order valence-electron chi connectivity index (χ3n) is 10.6. The van der Waals surface area contributed by atoms with E-state index in [1.165, 1.54) is 116 Å². The largest absolute Gasteiger partial charge is 3.00 e. The first-order chi connectivity index (χ1) is 25.6. The van der Waals surface area contributed by atoms with Crippen molar-refractivity contribution in [2.75, 3.05) is 98.2 Å². The van der Waals surface area contributed by atoms with Crippen LogP contribution in [-0.4, -0.2) is 152 Å². The number of rotatable bonds is 32. The van der Waals surface area contributed by atoms with Crippen LogP contribution in [0.1, 0.15) is 142 Å². The number of carboxylic acid groups (broad SMARTS) is 3. The van der Waals surface area contributed by atoms with Crippen molar-refractivity contribution in [2.24, 2.45) is 0 Å². The minimum Gasteiger partial charge on any atom is -0.549 e. The van der Waals surface area contributed by atoms with Crippen LogP contribution < -0.4 is 15.3 Å². The molecular weight excluding hydrogens is 832 g/mol. The second-order valence-electron chi connectivity index (χ2n) is 15.6. The molecule has 317 valence electrons. The van der Waals surface area contributed by atoms with Gasteiger partial charge in [0.2, 0.25) is 0 Å². The molecule has 1 radical (unpaired) electrons. The summed E-state index contributed by atoms with van der Waals surface area (Å²) < 4.78 is 0. The maximum atomic E-state index is 11.5. The topological polar surface area (TPSA) is 157 Å². The van der Waals surface area contributed by atoms with Gasteiger partial charge in [0, 0.05) is 85.1 Å². The monoisotopic (exact) mass is 911 g/mol. The summed E-state index contributed by atoms with van der Waals surface area (Å²) in [6.45, 7) is 9.42. The van der Waals surface area contributed by atoms with Crippen LogP contribution in [-0.2, 0) is 14.4 Å². The summed E-state index contributed by atoms with van der Waals surface area (Å²) in [5, 5.41) is 45.9. The summed E-state index contributed by atoms with van der Waals surface area (Å²) in [7, 11) is 0. The van der Waals surface area contributed by atoms with Crippen LogP contribution in [0, 0.1) is 39.9 Å². The van der Waals surface area contributed by atoms with Gasteiger partial charge in [-0.2, -0.15) is 0 Å². The molecule has 1 N–H and O–H groups in total. The van der Waals surface area contributed by atoms with E-state index in [9.17, 15) is 34.8 Å². The maximum Gasteiger partial charge on any atom is 3.00 e. The second-order valence-corrected chi connectivity index (χ2v) is 15.6. The van der Waals surface area contributed by atoms with Gasteiger partial charge in [0.05, 0.1) is 24.0 Å². The number of nitrogens with zero attached hydrogens (tertiary/aromatic N) is 5. The van der Waals surface area contributed by atoms with Crippen molar-refractivity contribution in [3.63, 3.8) is 0 Å². The quantitative estimate of drug-likeness (QED) is 0.0982. The van der Waals surface area contributed by atoms with Crippen LogP contribution >= 0.6 is 0 Å². The van der Waals surface area contributed by atoms with Crippen LogP contribution in [0.4, 0.5) is 0 Å². The summed E-state index contributed by atoms with van der Waals surface area (Å²) >= 11 is 0. The van der Waals surface area contributed by atoms with Gasteiger partial charge in [0.15, 0.2) is 0 Å². The SMILES string of the molecule is CCCCCCCCCCCCN(CCCCCCCCCCCC)CC(O)CN1CCN(CC(=O)[O-])CCN(CC(=O)[O-])CCN(CC(=O)[O-])CC1.[Gd+3]. The molecule has 1 aliphatic rings. The number of hydrogen-bond donors (Lipinski definition) is 1. The molecule has 0 bridgehead atoms. The van der Waals surface area contributed by atoms with Gasteiger partial charge < -0.3 is 39.7 Å². The van der Waals surface area contributed by atoms with Crippen LogP contribution in [0.3, 0.4) is 0 Å². The number of carbonyl (C=O) groups excluding carboxylic acids is 3. The van der Waals surface area contributed by atoms with Crippen molar-refractivity contribution in [3.05, 3.63) is 0 Å². The first-order valence-electron chi connectivity index (χ1n) is 21.5. The van der Waals surface area contributed by atoms with Crippen molar-refractivity contribution < 1.29 is 74.8 Å². The van der Waals surface area contributed by atoms with Gasteiger partial charge in [-0.3, -0.25) is 19.6 Å². The van der Waals surface area contributed by atoms with Gasteiger partial charge in [-0.05, 0) is 25.9 Å². The molecule has 1 saturated heterocycles. The van der Waals surface area contributed by atoms with Crippen LogP contribution in [0.15, 0.2) is 0 Å². The molecule has 0 aliphatic carbocycles.